The van der Waals surface area contributed by atoms with Crippen molar-refractivity contribution in [2.24, 2.45) is 5.73 Å². The van der Waals surface area contributed by atoms with E-state index in [4.69, 9.17) is 5.73 Å². The van der Waals surface area contributed by atoms with E-state index in [1.54, 1.807) is 18.2 Å². The molecule has 1 atom stereocenters. The van der Waals surface area contributed by atoms with E-state index >= 15 is 0 Å². The monoisotopic (exact) mass is 334 g/mol. The van der Waals surface area contributed by atoms with Crippen LogP contribution in [0.1, 0.15) is 17.2 Å². The third kappa shape index (κ3) is 3.59. The van der Waals surface area contributed by atoms with Crippen LogP contribution in [0.2, 0.25) is 0 Å². The third-order valence-corrected chi connectivity index (χ3v) is 3.45. The molecule has 0 aliphatic carbocycles. The van der Waals surface area contributed by atoms with Crippen LogP contribution < -0.4 is 11.1 Å². The average Bonchev–Trinajstić information content (AvgIpc) is 2.43. The maximum absolute atomic E-state index is 11.6. The van der Waals surface area contributed by atoms with Crippen LogP contribution in [0.4, 0.5) is 0 Å². The first-order valence-corrected chi connectivity index (χ1v) is 6.92. The number of halogens is 1. The molecule has 4 nitrogen and oxygen atoms in total. The first-order chi connectivity index (χ1) is 9.58. The molecular formula is C15H15BrN2O2. The number of aromatic hydroxyl groups is 1. The van der Waals surface area contributed by atoms with Crippen LogP contribution in [0.3, 0.4) is 0 Å². The largest absolute Gasteiger partial charge is 0.508 e. The van der Waals surface area contributed by atoms with Crippen molar-refractivity contribution >= 4 is 21.8 Å². The smallest absolute Gasteiger partial charge is 0.239 e. The van der Waals surface area contributed by atoms with Crippen LogP contribution in [-0.4, -0.2) is 11.0 Å². The summed E-state index contributed by atoms with van der Waals surface area (Å²) in [6, 6.07) is 13.8. The fourth-order valence-electron chi connectivity index (χ4n) is 1.94. The lowest BCUT2D eigenvalue weighted by atomic mass is 10.1. The van der Waals surface area contributed by atoms with Gasteiger partial charge in [-0.15, -0.1) is 0 Å². The van der Waals surface area contributed by atoms with Crippen molar-refractivity contribution in [3.63, 3.8) is 0 Å². The SMILES string of the molecule is NC(=O)[C@@H](NCc1cc(Br)ccc1O)c1ccccc1. The number of nitrogens with one attached hydrogen (secondary N) is 1. The minimum atomic E-state index is -0.588. The van der Waals surface area contributed by atoms with E-state index in [9.17, 15) is 9.90 Å². The molecule has 0 radical (unpaired) electrons. The average molecular weight is 335 g/mol. The second-order valence-electron chi connectivity index (χ2n) is 4.40. The first kappa shape index (κ1) is 14.6. The number of amides is 1. The van der Waals surface area contributed by atoms with Crippen LogP contribution in [-0.2, 0) is 11.3 Å². The van der Waals surface area contributed by atoms with E-state index in [1.165, 1.54) is 0 Å². The summed E-state index contributed by atoms with van der Waals surface area (Å²) in [4.78, 5) is 11.6. The Morgan fingerprint density at radius 1 is 1.25 bits per heavy atom. The van der Waals surface area contributed by atoms with Gasteiger partial charge in [-0.05, 0) is 23.8 Å². The number of rotatable bonds is 5. The Morgan fingerprint density at radius 2 is 1.95 bits per heavy atom. The van der Waals surface area contributed by atoms with E-state index in [0.717, 1.165) is 10.0 Å². The van der Waals surface area contributed by atoms with Crippen molar-refractivity contribution < 1.29 is 9.90 Å². The van der Waals surface area contributed by atoms with Crippen LogP contribution in [0.25, 0.3) is 0 Å². The van der Waals surface area contributed by atoms with Gasteiger partial charge in [0.25, 0.3) is 0 Å². The molecule has 0 fully saturated rings. The van der Waals surface area contributed by atoms with Crippen LogP contribution in [0, 0.1) is 0 Å². The van der Waals surface area contributed by atoms with Gasteiger partial charge >= 0.3 is 0 Å². The quantitative estimate of drug-likeness (QED) is 0.786. The number of phenols is 1. The second-order valence-corrected chi connectivity index (χ2v) is 5.32. The summed E-state index contributed by atoms with van der Waals surface area (Å²) < 4.78 is 0.863. The zero-order chi connectivity index (χ0) is 14.5. The summed E-state index contributed by atoms with van der Waals surface area (Å²) in [5.41, 5.74) is 6.92. The Balaban J connectivity index is 2.14. The van der Waals surface area contributed by atoms with Gasteiger partial charge < -0.3 is 10.8 Å². The number of hydrogen-bond donors (Lipinski definition) is 3. The van der Waals surface area contributed by atoms with Crippen molar-refractivity contribution in [2.75, 3.05) is 0 Å². The molecule has 0 spiro atoms. The highest BCUT2D eigenvalue weighted by atomic mass is 79.9. The number of carbonyl (C=O) groups is 1. The molecule has 0 heterocycles. The van der Waals surface area contributed by atoms with E-state index in [-0.39, 0.29) is 5.75 Å². The van der Waals surface area contributed by atoms with Gasteiger partial charge in [-0.1, -0.05) is 46.3 Å². The fraction of sp³-hybridized carbons (Fsp3) is 0.133. The van der Waals surface area contributed by atoms with Crippen molar-refractivity contribution in [1.29, 1.82) is 0 Å². The lowest BCUT2D eigenvalue weighted by Crippen LogP contribution is -2.33. The number of primary amides is 1. The predicted octanol–water partition coefficient (Wildman–Crippen LogP) is 2.47. The molecule has 4 N–H and O–H groups in total. The van der Waals surface area contributed by atoms with Crippen molar-refractivity contribution in [3.8, 4) is 5.75 Å². The third-order valence-electron chi connectivity index (χ3n) is 2.96. The topological polar surface area (TPSA) is 75.4 Å². The van der Waals surface area contributed by atoms with E-state index < -0.39 is 11.9 Å². The first-order valence-electron chi connectivity index (χ1n) is 6.13. The number of phenolic OH excluding ortho intramolecular Hbond substituents is 1. The Bertz CT molecular complexity index is 602. The molecule has 0 saturated heterocycles. The summed E-state index contributed by atoms with van der Waals surface area (Å²) in [5, 5.41) is 12.8. The molecule has 0 saturated carbocycles. The summed E-state index contributed by atoms with van der Waals surface area (Å²) in [7, 11) is 0. The second kappa shape index (κ2) is 6.54. The molecule has 0 bridgehead atoms. The zero-order valence-electron chi connectivity index (χ0n) is 10.7. The summed E-state index contributed by atoms with van der Waals surface area (Å²) in [5.74, 6) is -0.275. The van der Waals surface area contributed by atoms with Crippen LogP contribution >= 0.6 is 15.9 Å². The molecule has 2 aromatic rings. The van der Waals surface area contributed by atoms with E-state index in [0.29, 0.717) is 12.1 Å². The van der Waals surface area contributed by atoms with Gasteiger partial charge in [-0.25, -0.2) is 0 Å². The molecule has 0 aliphatic rings. The van der Waals surface area contributed by atoms with Crippen molar-refractivity contribution in [2.45, 2.75) is 12.6 Å². The van der Waals surface area contributed by atoms with Gasteiger partial charge in [0.15, 0.2) is 0 Å². The summed E-state index contributed by atoms with van der Waals surface area (Å²) in [6.45, 7) is 0.341. The minimum absolute atomic E-state index is 0.178. The number of nitrogens with two attached hydrogens (primary N) is 1. The van der Waals surface area contributed by atoms with Gasteiger partial charge in [0.05, 0.1) is 0 Å². The normalized spacial score (nSPS) is 12.1. The highest BCUT2D eigenvalue weighted by Gasteiger charge is 2.17. The van der Waals surface area contributed by atoms with Crippen molar-refractivity contribution in [1.82, 2.24) is 5.32 Å². The summed E-state index contributed by atoms with van der Waals surface area (Å²) >= 11 is 3.35. The number of hydrogen-bond acceptors (Lipinski definition) is 3. The minimum Gasteiger partial charge on any atom is -0.508 e. The van der Waals surface area contributed by atoms with Gasteiger partial charge in [0.1, 0.15) is 11.8 Å². The molecule has 20 heavy (non-hydrogen) atoms. The highest BCUT2D eigenvalue weighted by molar-refractivity contribution is 9.10. The Hall–Kier alpha value is -1.85. The molecule has 2 rings (SSSR count). The van der Waals surface area contributed by atoms with Gasteiger partial charge in [-0.3, -0.25) is 10.1 Å². The zero-order valence-corrected chi connectivity index (χ0v) is 12.3. The summed E-state index contributed by atoms with van der Waals surface area (Å²) in [6.07, 6.45) is 0. The maximum atomic E-state index is 11.6. The molecule has 104 valence electrons. The number of carbonyl (C=O) groups excluding carboxylic acids is 1. The van der Waals surface area contributed by atoms with E-state index in [1.807, 2.05) is 30.3 Å². The van der Waals surface area contributed by atoms with Gasteiger partial charge in [0, 0.05) is 16.6 Å². The lowest BCUT2D eigenvalue weighted by Gasteiger charge is -2.16. The molecule has 0 unspecified atom stereocenters. The highest BCUT2D eigenvalue weighted by Crippen LogP contribution is 2.22. The lowest BCUT2D eigenvalue weighted by molar-refractivity contribution is -0.120. The molecule has 1 amide bonds. The van der Waals surface area contributed by atoms with Gasteiger partial charge in [-0.2, -0.15) is 0 Å². The number of benzene rings is 2. The van der Waals surface area contributed by atoms with Gasteiger partial charge in [0.2, 0.25) is 5.91 Å². The van der Waals surface area contributed by atoms with E-state index in [2.05, 4.69) is 21.2 Å². The maximum Gasteiger partial charge on any atom is 0.239 e. The van der Waals surface area contributed by atoms with Crippen LogP contribution in [0.15, 0.2) is 53.0 Å². The Morgan fingerprint density at radius 3 is 2.60 bits per heavy atom. The van der Waals surface area contributed by atoms with Crippen molar-refractivity contribution in [3.05, 3.63) is 64.1 Å². The molecule has 0 aliphatic heterocycles. The standard InChI is InChI=1S/C15H15BrN2O2/c16-12-6-7-13(19)11(8-12)9-18-14(15(17)20)10-4-2-1-3-5-10/h1-8,14,18-19H,9H2,(H2,17,20)/t14-/m0/s1. The molecule has 2 aromatic carbocycles. The Labute approximate surface area is 125 Å². The molecular weight excluding hydrogens is 320 g/mol. The Kier molecular flexibility index (Phi) is 4.76. The molecule has 0 aromatic heterocycles. The fourth-order valence-corrected chi connectivity index (χ4v) is 2.34. The molecule has 5 heteroatoms. The predicted molar refractivity (Wildman–Crippen MR) is 81.0 cm³/mol. The van der Waals surface area contributed by atoms with Crippen LogP contribution in [0.5, 0.6) is 5.75 Å².